The topological polar surface area (TPSA) is 75.9 Å². The van der Waals surface area contributed by atoms with Crippen molar-refractivity contribution in [1.82, 2.24) is 9.97 Å². The van der Waals surface area contributed by atoms with Gasteiger partial charge in [0.15, 0.2) is 0 Å². The summed E-state index contributed by atoms with van der Waals surface area (Å²) in [6.07, 6.45) is 6.20. The summed E-state index contributed by atoms with van der Waals surface area (Å²) in [7, 11) is 0. The summed E-state index contributed by atoms with van der Waals surface area (Å²) in [5.74, 6) is 1.77. The Balaban J connectivity index is 1.43. The minimum atomic E-state index is 0.354. The van der Waals surface area contributed by atoms with Crippen molar-refractivity contribution in [3.63, 3.8) is 0 Å². The average Bonchev–Trinajstić information content (AvgIpc) is 2.75. The molecule has 0 unspecified atom stereocenters. The normalized spacial score (nSPS) is 19.2. The Morgan fingerprint density at radius 3 is 2.54 bits per heavy atom. The first-order valence-corrected chi connectivity index (χ1v) is 10.00. The summed E-state index contributed by atoms with van der Waals surface area (Å²) in [6.45, 7) is 0.754. The molecule has 1 aromatic carbocycles. The number of nitrogens with two attached hydrogens (primary N) is 1. The summed E-state index contributed by atoms with van der Waals surface area (Å²) in [4.78, 5) is 9.26. The highest BCUT2D eigenvalue weighted by Crippen LogP contribution is 2.24. The van der Waals surface area contributed by atoms with Gasteiger partial charge in [-0.1, -0.05) is 36.4 Å². The molecular weight excluding hydrogens is 346 g/mol. The van der Waals surface area contributed by atoms with E-state index in [2.05, 4.69) is 33.8 Å². The maximum Gasteiger partial charge on any atom is 0.126 e. The van der Waals surface area contributed by atoms with Crippen LogP contribution in [0.2, 0.25) is 0 Å². The second-order valence-corrected chi connectivity index (χ2v) is 7.43. The van der Waals surface area contributed by atoms with Crippen molar-refractivity contribution < 1.29 is 0 Å². The molecule has 0 atom stereocenters. The molecule has 1 aliphatic rings. The van der Waals surface area contributed by atoms with Gasteiger partial charge in [0.05, 0.1) is 5.69 Å². The molecule has 0 radical (unpaired) electrons. The first-order valence-electron chi connectivity index (χ1n) is 10.00. The number of hydrogen-bond donors (Lipinski definition) is 3. The van der Waals surface area contributed by atoms with Crippen LogP contribution in [0.5, 0.6) is 0 Å². The van der Waals surface area contributed by atoms with E-state index in [1.165, 1.54) is 5.56 Å². The van der Waals surface area contributed by atoms with Crippen LogP contribution < -0.4 is 16.4 Å². The number of anilines is 2. The summed E-state index contributed by atoms with van der Waals surface area (Å²) in [5, 5.41) is 6.96. The Bertz CT molecular complexity index is 888. The van der Waals surface area contributed by atoms with Crippen molar-refractivity contribution in [3.8, 4) is 11.3 Å². The molecule has 1 fully saturated rings. The Morgan fingerprint density at radius 2 is 1.71 bits per heavy atom. The summed E-state index contributed by atoms with van der Waals surface area (Å²) < 4.78 is 0. The van der Waals surface area contributed by atoms with Gasteiger partial charge < -0.3 is 16.4 Å². The molecule has 0 aliphatic heterocycles. The Hall–Kier alpha value is -2.92. The summed E-state index contributed by atoms with van der Waals surface area (Å²) in [6, 6.07) is 21.3. The molecule has 2 aromatic heterocycles. The summed E-state index contributed by atoms with van der Waals surface area (Å²) in [5.41, 5.74) is 9.24. The maximum atomic E-state index is 6.01. The van der Waals surface area contributed by atoms with Crippen LogP contribution >= 0.6 is 0 Å². The van der Waals surface area contributed by atoms with Gasteiger partial charge in [-0.2, -0.15) is 0 Å². The number of aromatic nitrogens is 2. The highest BCUT2D eigenvalue weighted by atomic mass is 15.0. The molecule has 5 heteroatoms. The van der Waals surface area contributed by atoms with Gasteiger partial charge in [0, 0.05) is 30.4 Å². The molecule has 1 aliphatic carbocycles. The van der Waals surface area contributed by atoms with E-state index < -0.39 is 0 Å². The van der Waals surface area contributed by atoms with Crippen molar-refractivity contribution in [1.29, 1.82) is 0 Å². The Kier molecular flexibility index (Phi) is 5.83. The molecule has 3 aromatic rings. The average molecular weight is 374 g/mol. The van der Waals surface area contributed by atoms with Crippen molar-refractivity contribution in [3.05, 3.63) is 72.4 Å². The van der Waals surface area contributed by atoms with E-state index in [-0.39, 0.29) is 0 Å². The SMILES string of the molecule is NC1CCC(Nc2cc(-c3cccc(NCc4ccccc4)n3)ccn2)CC1. The summed E-state index contributed by atoms with van der Waals surface area (Å²) >= 11 is 0. The molecule has 144 valence electrons. The van der Waals surface area contributed by atoms with Crippen LogP contribution in [0.3, 0.4) is 0 Å². The minimum Gasteiger partial charge on any atom is -0.367 e. The predicted octanol–water partition coefficient (Wildman–Crippen LogP) is 4.44. The highest BCUT2D eigenvalue weighted by Gasteiger charge is 2.18. The molecule has 4 N–H and O–H groups in total. The van der Waals surface area contributed by atoms with E-state index in [1.807, 2.05) is 48.7 Å². The number of hydrogen-bond acceptors (Lipinski definition) is 5. The third-order valence-corrected chi connectivity index (χ3v) is 5.25. The van der Waals surface area contributed by atoms with Crippen molar-refractivity contribution >= 4 is 11.6 Å². The second-order valence-electron chi connectivity index (χ2n) is 7.43. The van der Waals surface area contributed by atoms with Gasteiger partial charge >= 0.3 is 0 Å². The van der Waals surface area contributed by atoms with Crippen LogP contribution in [-0.2, 0) is 6.54 Å². The lowest BCUT2D eigenvalue weighted by Crippen LogP contribution is -2.32. The van der Waals surface area contributed by atoms with Gasteiger partial charge in [-0.15, -0.1) is 0 Å². The van der Waals surface area contributed by atoms with Crippen molar-refractivity contribution in [2.24, 2.45) is 5.73 Å². The van der Waals surface area contributed by atoms with Crippen LogP contribution in [0.4, 0.5) is 11.6 Å². The van der Waals surface area contributed by atoms with Crippen LogP contribution in [0, 0.1) is 0 Å². The number of benzene rings is 1. The molecule has 2 heterocycles. The van der Waals surface area contributed by atoms with Crippen LogP contribution in [0.25, 0.3) is 11.3 Å². The maximum absolute atomic E-state index is 6.01. The Labute approximate surface area is 166 Å². The fourth-order valence-electron chi connectivity index (χ4n) is 3.62. The zero-order chi connectivity index (χ0) is 19.2. The van der Waals surface area contributed by atoms with E-state index in [9.17, 15) is 0 Å². The zero-order valence-electron chi connectivity index (χ0n) is 16.0. The minimum absolute atomic E-state index is 0.354. The van der Waals surface area contributed by atoms with Gasteiger partial charge in [-0.25, -0.2) is 9.97 Å². The highest BCUT2D eigenvalue weighted by molar-refractivity contribution is 5.64. The monoisotopic (exact) mass is 373 g/mol. The standard InChI is InChI=1S/C23H27N5/c24-19-9-11-20(12-10-19)27-23-15-18(13-14-25-23)21-7-4-8-22(28-21)26-16-17-5-2-1-3-6-17/h1-8,13-15,19-20H,9-12,16,24H2,(H,25,27)(H,26,28). The van der Waals surface area contributed by atoms with E-state index >= 15 is 0 Å². The van der Waals surface area contributed by atoms with Gasteiger partial charge in [0.1, 0.15) is 11.6 Å². The number of pyridine rings is 2. The van der Waals surface area contributed by atoms with E-state index in [0.717, 1.165) is 55.1 Å². The fourth-order valence-corrected chi connectivity index (χ4v) is 3.62. The first-order chi connectivity index (χ1) is 13.8. The van der Waals surface area contributed by atoms with E-state index in [1.54, 1.807) is 0 Å². The Morgan fingerprint density at radius 1 is 0.893 bits per heavy atom. The number of nitrogens with one attached hydrogen (secondary N) is 2. The molecule has 0 amide bonds. The number of nitrogens with zero attached hydrogens (tertiary/aromatic N) is 2. The fraction of sp³-hybridized carbons (Fsp3) is 0.304. The third-order valence-electron chi connectivity index (χ3n) is 5.25. The largest absolute Gasteiger partial charge is 0.367 e. The third kappa shape index (κ3) is 4.87. The van der Waals surface area contributed by atoms with E-state index in [4.69, 9.17) is 10.7 Å². The molecule has 5 nitrogen and oxygen atoms in total. The van der Waals surface area contributed by atoms with Gasteiger partial charge in [-0.3, -0.25) is 0 Å². The molecule has 28 heavy (non-hydrogen) atoms. The van der Waals surface area contributed by atoms with Gasteiger partial charge in [0.2, 0.25) is 0 Å². The number of rotatable bonds is 6. The van der Waals surface area contributed by atoms with Gasteiger partial charge in [0.25, 0.3) is 0 Å². The molecular formula is C23H27N5. The zero-order valence-corrected chi connectivity index (χ0v) is 16.0. The first kappa shape index (κ1) is 18.4. The predicted molar refractivity (Wildman–Crippen MR) is 115 cm³/mol. The lowest BCUT2D eigenvalue weighted by Gasteiger charge is -2.27. The molecule has 0 bridgehead atoms. The quantitative estimate of drug-likeness (QED) is 0.596. The van der Waals surface area contributed by atoms with Crippen LogP contribution in [0.1, 0.15) is 31.2 Å². The molecule has 1 saturated carbocycles. The molecule has 0 spiro atoms. The van der Waals surface area contributed by atoms with Gasteiger partial charge in [-0.05, 0) is 55.5 Å². The van der Waals surface area contributed by atoms with Crippen molar-refractivity contribution in [2.45, 2.75) is 44.3 Å². The lowest BCUT2D eigenvalue weighted by atomic mass is 9.92. The second kappa shape index (κ2) is 8.85. The van der Waals surface area contributed by atoms with Crippen molar-refractivity contribution in [2.75, 3.05) is 10.6 Å². The molecule has 0 saturated heterocycles. The lowest BCUT2D eigenvalue weighted by molar-refractivity contribution is 0.410. The molecule has 4 rings (SSSR count). The van der Waals surface area contributed by atoms with Crippen LogP contribution in [0.15, 0.2) is 66.9 Å². The van der Waals surface area contributed by atoms with Crippen LogP contribution in [-0.4, -0.2) is 22.1 Å². The smallest absolute Gasteiger partial charge is 0.126 e. The van der Waals surface area contributed by atoms with E-state index in [0.29, 0.717) is 12.1 Å².